The molecule has 0 spiro atoms. The lowest BCUT2D eigenvalue weighted by Gasteiger charge is -2.33. The van der Waals surface area contributed by atoms with Crippen LogP contribution in [0.1, 0.15) is 50.3 Å². The van der Waals surface area contributed by atoms with Crippen LogP contribution in [-0.2, 0) is 11.2 Å². The average molecular weight is 257 g/mol. The lowest BCUT2D eigenvalue weighted by molar-refractivity contribution is 0.0928. The fourth-order valence-corrected chi connectivity index (χ4v) is 4.33. The van der Waals surface area contributed by atoms with E-state index in [9.17, 15) is 0 Å². The molecule has 1 aliphatic carbocycles. The molecule has 0 radical (unpaired) electrons. The van der Waals surface area contributed by atoms with Crippen LogP contribution >= 0.6 is 0 Å². The molecule has 2 aliphatic heterocycles. The van der Waals surface area contributed by atoms with Crippen molar-refractivity contribution in [2.24, 2.45) is 5.41 Å². The third-order valence-corrected chi connectivity index (χ3v) is 5.28. The molecule has 2 heterocycles. The molecule has 0 amide bonds. The second kappa shape index (κ2) is 4.07. The minimum Gasteiger partial charge on any atom is -0.373 e. The van der Waals surface area contributed by atoms with E-state index < -0.39 is 0 Å². The van der Waals surface area contributed by atoms with Gasteiger partial charge >= 0.3 is 0 Å². The first-order valence-electron chi connectivity index (χ1n) is 7.63. The SMILES string of the molecule is CC1(C)Cc2ccccc2C1NC1CC2CCC1O2. The van der Waals surface area contributed by atoms with Gasteiger partial charge in [0.05, 0.1) is 12.2 Å². The smallest absolute Gasteiger partial charge is 0.0733 e. The van der Waals surface area contributed by atoms with E-state index >= 15 is 0 Å². The summed E-state index contributed by atoms with van der Waals surface area (Å²) in [5.74, 6) is 0. The predicted molar refractivity (Wildman–Crippen MR) is 76.1 cm³/mol. The minimum absolute atomic E-state index is 0.311. The third-order valence-electron chi connectivity index (χ3n) is 5.28. The highest BCUT2D eigenvalue weighted by molar-refractivity contribution is 5.37. The first-order valence-corrected chi connectivity index (χ1v) is 7.63. The van der Waals surface area contributed by atoms with Crippen molar-refractivity contribution in [3.05, 3.63) is 35.4 Å². The zero-order valence-electron chi connectivity index (χ0n) is 11.9. The summed E-state index contributed by atoms with van der Waals surface area (Å²) in [6.45, 7) is 4.78. The van der Waals surface area contributed by atoms with E-state index in [0.717, 1.165) is 0 Å². The van der Waals surface area contributed by atoms with Crippen molar-refractivity contribution in [2.45, 2.75) is 63.8 Å². The summed E-state index contributed by atoms with van der Waals surface area (Å²) in [6.07, 6.45) is 5.91. The van der Waals surface area contributed by atoms with Crippen LogP contribution in [-0.4, -0.2) is 18.2 Å². The highest BCUT2D eigenvalue weighted by Gasteiger charge is 2.45. The largest absolute Gasteiger partial charge is 0.373 e. The van der Waals surface area contributed by atoms with Gasteiger partial charge in [-0.1, -0.05) is 38.1 Å². The highest BCUT2D eigenvalue weighted by atomic mass is 16.5. The van der Waals surface area contributed by atoms with Gasteiger partial charge in [0, 0.05) is 12.1 Å². The molecule has 2 fully saturated rings. The number of nitrogens with one attached hydrogen (secondary N) is 1. The minimum atomic E-state index is 0.311. The summed E-state index contributed by atoms with van der Waals surface area (Å²) in [5.41, 5.74) is 3.34. The Labute approximate surface area is 115 Å². The van der Waals surface area contributed by atoms with Crippen LogP contribution in [0, 0.1) is 5.41 Å². The van der Waals surface area contributed by atoms with Crippen LogP contribution in [0.4, 0.5) is 0 Å². The quantitative estimate of drug-likeness (QED) is 0.878. The topological polar surface area (TPSA) is 21.3 Å². The number of ether oxygens (including phenoxy) is 1. The molecule has 4 unspecified atom stereocenters. The Hall–Kier alpha value is -0.860. The second-order valence-electron chi connectivity index (χ2n) is 7.18. The van der Waals surface area contributed by atoms with Crippen LogP contribution in [0.3, 0.4) is 0 Å². The molecule has 2 nitrogen and oxygen atoms in total. The Morgan fingerprint density at radius 2 is 2.05 bits per heavy atom. The maximum Gasteiger partial charge on any atom is 0.0733 e. The van der Waals surface area contributed by atoms with Crippen molar-refractivity contribution in [3.8, 4) is 0 Å². The Bertz CT molecular complexity index is 496. The standard InChI is InChI=1S/C17H23NO/c1-17(2)10-11-5-3-4-6-13(11)16(17)18-14-9-12-7-8-15(14)19-12/h3-6,12,14-16,18H,7-10H2,1-2H3. The number of fused-ring (bicyclic) bond motifs is 3. The van der Waals surface area contributed by atoms with Gasteiger partial charge in [0.15, 0.2) is 0 Å². The molecule has 0 saturated carbocycles. The fraction of sp³-hybridized carbons (Fsp3) is 0.647. The molecule has 3 aliphatic rings. The summed E-state index contributed by atoms with van der Waals surface area (Å²) in [7, 11) is 0. The van der Waals surface area contributed by atoms with Crippen LogP contribution in [0.15, 0.2) is 24.3 Å². The molecule has 1 aromatic rings. The van der Waals surface area contributed by atoms with Crippen molar-refractivity contribution in [3.63, 3.8) is 0 Å². The molecule has 2 bridgehead atoms. The summed E-state index contributed by atoms with van der Waals surface area (Å²) < 4.78 is 5.99. The first kappa shape index (κ1) is 11.9. The van der Waals surface area contributed by atoms with Gasteiger partial charge in [-0.05, 0) is 42.2 Å². The number of hydrogen-bond donors (Lipinski definition) is 1. The molecule has 2 heteroatoms. The molecule has 4 rings (SSSR count). The van der Waals surface area contributed by atoms with Crippen LogP contribution in [0.5, 0.6) is 0 Å². The zero-order chi connectivity index (χ0) is 13.0. The van der Waals surface area contributed by atoms with E-state index in [1.807, 2.05) is 0 Å². The Kier molecular flexibility index (Phi) is 2.55. The maximum absolute atomic E-state index is 5.99. The van der Waals surface area contributed by atoms with Crippen LogP contribution in [0.2, 0.25) is 0 Å². The molecule has 19 heavy (non-hydrogen) atoms. The normalized spacial score (nSPS) is 38.6. The monoisotopic (exact) mass is 257 g/mol. The Balaban J connectivity index is 1.60. The number of benzene rings is 1. The summed E-state index contributed by atoms with van der Waals surface area (Å²) in [4.78, 5) is 0. The van der Waals surface area contributed by atoms with E-state index in [2.05, 4.69) is 43.4 Å². The van der Waals surface area contributed by atoms with Crippen LogP contribution < -0.4 is 5.32 Å². The highest BCUT2D eigenvalue weighted by Crippen LogP contribution is 2.46. The molecule has 2 saturated heterocycles. The van der Waals surface area contributed by atoms with Crippen molar-refractivity contribution >= 4 is 0 Å². The predicted octanol–water partition coefficient (Wildman–Crippen LogP) is 3.22. The van der Waals surface area contributed by atoms with Crippen molar-refractivity contribution in [2.75, 3.05) is 0 Å². The van der Waals surface area contributed by atoms with Gasteiger partial charge in [0.25, 0.3) is 0 Å². The molecule has 0 aromatic heterocycles. The Morgan fingerprint density at radius 3 is 2.79 bits per heavy atom. The van der Waals surface area contributed by atoms with Gasteiger partial charge < -0.3 is 10.1 Å². The van der Waals surface area contributed by atoms with Gasteiger partial charge in [-0.3, -0.25) is 0 Å². The van der Waals surface area contributed by atoms with E-state index in [-0.39, 0.29) is 0 Å². The van der Waals surface area contributed by atoms with Crippen LogP contribution in [0.25, 0.3) is 0 Å². The summed E-state index contributed by atoms with van der Waals surface area (Å²) in [6, 6.07) is 9.97. The van der Waals surface area contributed by atoms with Gasteiger partial charge in [0.1, 0.15) is 0 Å². The molecule has 102 valence electrons. The molecule has 1 N–H and O–H groups in total. The van der Waals surface area contributed by atoms with Gasteiger partial charge in [0.2, 0.25) is 0 Å². The van der Waals surface area contributed by atoms with E-state index in [1.54, 1.807) is 0 Å². The van der Waals surface area contributed by atoms with E-state index in [4.69, 9.17) is 4.74 Å². The fourth-order valence-electron chi connectivity index (χ4n) is 4.33. The van der Waals surface area contributed by atoms with Gasteiger partial charge in [-0.2, -0.15) is 0 Å². The van der Waals surface area contributed by atoms with Crippen molar-refractivity contribution in [1.82, 2.24) is 5.32 Å². The van der Waals surface area contributed by atoms with Crippen molar-refractivity contribution < 1.29 is 4.74 Å². The second-order valence-corrected chi connectivity index (χ2v) is 7.18. The Morgan fingerprint density at radius 1 is 1.21 bits per heavy atom. The molecule has 1 aromatic carbocycles. The van der Waals surface area contributed by atoms with E-state index in [0.29, 0.717) is 29.7 Å². The lowest BCUT2D eigenvalue weighted by Crippen LogP contribution is -2.43. The molecular formula is C17H23NO. The third kappa shape index (κ3) is 1.85. The molecular weight excluding hydrogens is 234 g/mol. The molecule has 4 atom stereocenters. The van der Waals surface area contributed by atoms with E-state index in [1.165, 1.54) is 36.8 Å². The maximum atomic E-state index is 5.99. The van der Waals surface area contributed by atoms with Gasteiger partial charge in [-0.25, -0.2) is 0 Å². The van der Waals surface area contributed by atoms with Crippen molar-refractivity contribution in [1.29, 1.82) is 0 Å². The zero-order valence-corrected chi connectivity index (χ0v) is 11.9. The summed E-state index contributed by atoms with van der Waals surface area (Å²) in [5, 5.41) is 3.93. The average Bonchev–Trinajstić information content (AvgIpc) is 3.03. The first-order chi connectivity index (χ1) is 9.13. The lowest BCUT2D eigenvalue weighted by atomic mass is 9.83. The number of hydrogen-bond acceptors (Lipinski definition) is 2. The number of rotatable bonds is 2. The summed E-state index contributed by atoms with van der Waals surface area (Å²) >= 11 is 0. The van der Waals surface area contributed by atoms with Gasteiger partial charge in [-0.15, -0.1) is 0 Å².